The third-order valence-electron chi connectivity index (χ3n) is 7.58. The van der Waals surface area contributed by atoms with Crippen molar-refractivity contribution >= 4 is 18.5 Å². The Hall–Kier alpha value is -2.11. The van der Waals surface area contributed by atoms with Gasteiger partial charge in [0.15, 0.2) is 0 Å². The van der Waals surface area contributed by atoms with Crippen molar-refractivity contribution in [3.8, 4) is 0 Å². The number of rotatable bonds is 2. The summed E-state index contributed by atoms with van der Waals surface area (Å²) < 4.78 is 12.6. The average Bonchev–Trinajstić information content (AvgIpc) is 2.87. The van der Waals surface area contributed by atoms with Crippen LogP contribution in [-0.4, -0.2) is 41.7 Å². The van der Waals surface area contributed by atoms with Crippen LogP contribution in [-0.2, 0) is 15.7 Å². The monoisotopic (exact) mass is 403 g/mol. The molecule has 1 aliphatic carbocycles. The number of carbonyl (C=O) groups excluding carboxylic acids is 1. The lowest BCUT2D eigenvalue weighted by Gasteiger charge is -2.37. The summed E-state index contributed by atoms with van der Waals surface area (Å²) in [6.07, 6.45) is 3.11. The van der Waals surface area contributed by atoms with Gasteiger partial charge in [-0.05, 0) is 75.7 Å². The Morgan fingerprint density at radius 1 is 1.00 bits per heavy atom. The number of piperidine rings is 1. The number of benzene rings is 2. The minimum absolute atomic E-state index is 0.157. The molecule has 0 aromatic heterocycles. The molecule has 3 heterocycles. The summed E-state index contributed by atoms with van der Waals surface area (Å²) in [7, 11) is -0.345. The first kappa shape index (κ1) is 19.8. The molecule has 4 aliphatic rings. The number of carbonyl (C=O) groups is 1. The van der Waals surface area contributed by atoms with Gasteiger partial charge in [-0.3, -0.25) is 4.79 Å². The van der Waals surface area contributed by atoms with E-state index in [4.69, 9.17) is 9.31 Å². The second-order valence-electron chi connectivity index (χ2n) is 10.0. The van der Waals surface area contributed by atoms with Crippen molar-refractivity contribution in [3.05, 3.63) is 65.2 Å². The maximum Gasteiger partial charge on any atom is 0.494 e. The number of hydrogen-bond donors (Lipinski definition) is 0. The van der Waals surface area contributed by atoms with Crippen molar-refractivity contribution in [1.29, 1.82) is 0 Å². The van der Waals surface area contributed by atoms with Crippen LogP contribution in [0.2, 0.25) is 0 Å². The topological polar surface area (TPSA) is 38.8 Å². The van der Waals surface area contributed by atoms with Crippen molar-refractivity contribution < 1.29 is 14.1 Å². The van der Waals surface area contributed by atoms with E-state index in [0.717, 1.165) is 36.8 Å². The molecule has 1 amide bonds. The first-order chi connectivity index (χ1) is 14.2. The molecule has 0 radical (unpaired) electrons. The largest absolute Gasteiger partial charge is 0.494 e. The van der Waals surface area contributed by atoms with E-state index in [-0.39, 0.29) is 30.3 Å². The molecule has 2 aromatic carbocycles. The molecule has 2 atom stereocenters. The molecule has 4 nitrogen and oxygen atoms in total. The van der Waals surface area contributed by atoms with E-state index in [0.29, 0.717) is 5.92 Å². The highest BCUT2D eigenvalue weighted by molar-refractivity contribution is 6.62. The normalized spacial score (nSPS) is 26.4. The van der Waals surface area contributed by atoms with E-state index in [2.05, 4.69) is 50.8 Å². The number of hydrogen-bond acceptors (Lipinski definition) is 3. The minimum atomic E-state index is -0.345. The summed E-state index contributed by atoms with van der Waals surface area (Å²) in [5, 5.41) is 0. The van der Waals surface area contributed by atoms with Crippen LogP contribution in [0.5, 0.6) is 0 Å². The van der Waals surface area contributed by atoms with Gasteiger partial charge in [-0.1, -0.05) is 36.4 Å². The lowest BCUT2D eigenvalue weighted by Crippen LogP contribution is -2.45. The standard InChI is InChI=1S/C25H30BNO3/c1-24(2)25(3,4)30-26(29-24)20-12-10-18-14-21-13-11-19(22(18)15-20)16-27(21)23(28)17-8-6-5-7-9-17/h5-10,12,15,19,21H,11,13-14,16H2,1-4H3. The van der Waals surface area contributed by atoms with Crippen molar-refractivity contribution in [1.82, 2.24) is 4.90 Å². The lowest BCUT2D eigenvalue weighted by molar-refractivity contribution is 0.00578. The highest BCUT2D eigenvalue weighted by atomic mass is 16.7. The van der Waals surface area contributed by atoms with Gasteiger partial charge in [-0.15, -0.1) is 0 Å². The summed E-state index contributed by atoms with van der Waals surface area (Å²) in [5.41, 5.74) is 3.91. The third kappa shape index (κ3) is 3.19. The predicted molar refractivity (Wildman–Crippen MR) is 119 cm³/mol. The van der Waals surface area contributed by atoms with E-state index in [9.17, 15) is 4.79 Å². The van der Waals surface area contributed by atoms with Gasteiger partial charge < -0.3 is 14.2 Å². The van der Waals surface area contributed by atoms with E-state index < -0.39 is 0 Å². The molecule has 2 aromatic rings. The molecular weight excluding hydrogens is 373 g/mol. The van der Waals surface area contributed by atoms with Crippen LogP contribution in [0.1, 0.15) is 67.9 Å². The van der Waals surface area contributed by atoms with Gasteiger partial charge in [-0.25, -0.2) is 0 Å². The minimum Gasteiger partial charge on any atom is -0.399 e. The Morgan fingerprint density at radius 3 is 2.40 bits per heavy atom. The van der Waals surface area contributed by atoms with E-state index >= 15 is 0 Å². The predicted octanol–water partition coefficient (Wildman–Crippen LogP) is 3.93. The van der Waals surface area contributed by atoms with Crippen LogP contribution >= 0.6 is 0 Å². The van der Waals surface area contributed by atoms with Gasteiger partial charge in [0.1, 0.15) is 0 Å². The molecule has 0 N–H and O–H groups in total. The molecule has 2 unspecified atom stereocenters. The second-order valence-corrected chi connectivity index (χ2v) is 10.0. The maximum atomic E-state index is 13.2. The Morgan fingerprint density at radius 2 is 1.70 bits per heavy atom. The van der Waals surface area contributed by atoms with Crippen molar-refractivity contribution in [2.75, 3.05) is 6.54 Å². The van der Waals surface area contributed by atoms with Gasteiger partial charge in [0.2, 0.25) is 0 Å². The van der Waals surface area contributed by atoms with Gasteiger partial charge in [0, 0.05) is 24.1 Å². The van der Waals surface area contributed by atoms with Crippen LogP contribution in [0, 0.1) is 0 Å². The van der Waals surface area contributed by atoms with Gasteiger partial charge in [0.05, 0.1) is 11.2 Å². The van der Waals surface area contributed by atoms with E-state index in [1.165, 1.54) is 11.1 Å². The summed E-state index contributed by atoms with van der Waals surface area (Å²) in [6, 6.07) is 16.6. The lowest BCUT2D eigenvalue weighted by atomic mass is 9.76. The summed E-state index contributed by atoms with van der Waals surface area (Å²) in [6.45, 7) is 9.14. The Kier molecular flexibility index (Phi) is 4.60. The molecule has 2 bridgehead atoms. The molecule has 2 fully saturated rings. The van der Waals surface area contributed by atoms with Crippen LogP contribution in [0.15, 0.2) is 48.5 Å². The number of nitrogens with zero attached hydrogens (tertiary/aromatic N) is 1. The number of amides is 1. The fourth-order valence-corrected chi connectivity index (χ4v) is 5.05. The van der Waals surface area contributed by atoms with Crippen LogP contribution in [0.4, 0.5) is 0 Å². The molecule has 3 aliphatic heterocycles. The third-order valence-corrected chi connectivity index (χ3v) is 7.58. The van der Waals surface area contributed by atoms with Gasteiger partial charge in [-0.2, -0.15) is 0 Å². The summed E-state index contributed by atoms with van der Waals surface area (Å²) >= 11 is 0. The highest BCUT2D eigenvalue weighted by Gasteiger charge is 2.52. The zero-order valence-electron chi connectivity index (χ0n) is 18.4. The first-order valence-corrected chi connectivity index (χ1v) is 11.1. The zero-order chi connectivity index (χ0) is 21.1. The molecular formula is C25H30BNO3. The molecule has 6 rings (SSSR count). The van der Waals surface area contributed by atoms with Gasteiger partial charge >= 0.3 is 7.12 Å². The molecule has 2 saturated heterocycles. The zero-order valence-corrected chi connectivity index (χ0v) is 18.4. The first-order valence-electron chi connectivity index (χ1n) is 11.1. The molecule has 0 saturated carbocycles. The second kappa shape index (κ2) is 6.96. The van der Waals surface area contributed by atoms with Crippen LogP contribution in [0.25, 0.3) is 0 Å². The van der Waals surface area contributed by atoms with Gasteiger partial charge in [0.25, 0.3) is 5.91 Å². The fourth-order valence-electron chi connectivity index (χ4n) is 5.05. The smallest absolute Gasteiger partial charge is 0.399 e. The van der Waals surface area contributed by atoms with Crippen molar-refractivity contribution in [3.63, 3.8) is 0 Å². The Balaban J connectivity index is 1.43. The average molecular weight is 403 g/mol. The molecule has 156 valence electrons. The maximum absolute atomic E-state index is 13.2. The Bertz CT molecular complexity index is 956. The van der Waals surface area contributed by atoms with E-state index in [1.807, 2.05) is 30.3 Å². The van der Waals surface area contributed by atoms with Crippen molar-refractivity contribution in [2.24, 2.45) is 0 Å². The fraction of sp³-hybridized carbons (Fsp3) is 0.480. The summed E-state index contributed by atoms with van der Waals surface area (Å²) in [4.78, 5) is 15.3. The van der Waals surface area contributed by atoms with E-state index in [1.54, 1.807) is 0 Å². The highest BCUT2D eigenvalue weighted by Crippen LogP contribution is 2.40. The van der Waals surface area contributed by atoms with Crippen LogP contribution < -0.4 is 5.46 Å². The van der Waals surface area contributed by atoms with Crippen molar-refractivity contribution in [2.45, 2.75) is 70.1 Å². The molecule has 0 spiro atoms. The Labute approximate surface area is 179 Å². The molecule has 5 heteroatoms. The number of fused-ring (bicyclic) bond motifs is 2. The summed E-state index contributed by atoms with van der Waals surface area (Å²) in [5.74, 6) is 0.526. The molecule has 30 heavy (non-hydrogen) atoms. The quantitative estimate of drug-likeness (QED) is 0.714. The van der Waals surface area contributed by atoms with Crippen LogP contribution in [0.3, 0.4) is 0 Å². The SMILES string of the molecule is CC1(C)OB(c2ccc3c(c2)C2CCC(C3)N(C(=O)c3ccccc3)C2)OC1(C)C.